The number of aromatic nitrogens is 4. The maximum absolute atomic E-state index is 11.7. The molecule has 4 aromatic rings. The predicted octanol–water partition coefficient (Wildman–Crippen LogP) is 4.84. The molecule has 0 aliphatic rings. The van der Waals surface area contributed by atoms with Gasteiger partial charge in [0.2, 0.25) is 5.95 Å². The topological polar surface area (TPSA) is 111 Å². The molecule has 2 aromatic carbocycles. The van der Waals surface area contributed by atoms with Crippen molar-refractivity contribution in [1.82, 2.24) is 19.7 Å². The van der Waals surface area contributed by atoms with Crippen molar-refractivity contribution in [3.05, 3.63) is 87.7 Å². The SMILES string of the molecule is Cn1nccc1Nc1nccc(-c2ccc(NCCc3ccc(Cl)cc3)c([N+](=O)[O-])c2)n1. The Morgan fingerprint density at radius 1 is 1.09 bits per heavy atom. The molecule has 0 aliphatic heterocycles. The quantitative estimate of drug-likeness (QED) is 0.292. The van der Waals surface area contributed by atoms with Gasteiger partial charge in [-0.2, -0.15) is 5.10 Å². The largest absolute Gasteiger partial charge is 0.379 e. The molecule has 0 spiro atoms. The Hall–Kier alpha value is -3.98. The fourth-order valence-electron chi connectivity index (χ4n) is 3.17. The number of aryl methyl sites for hydroxylation is 1. The molecule has 0 unspecified atom stereocenters. The van der Waals surface area contributed by atoms with Crippen LogP contribution < -0.4 is 10.6 Å². The standard InChI is InChI=1S/C22H20ClN7O2/c1-29-21(10-13-26-29)28-22-25-12-9-18(27-22)16-4-7-19(20(14-16)30(31)32)24-11-8-15-2-5-17(23)6-3-15/h2-7,9-10,12-14,24H,8,11H2,1H3,(H,25,27,28). The van der Waals surface area contributed by atoms with Crippen molar-refractivity contribution < 1.29 is 4.92 Å². The molecule has 32 heavy (non-hydrogen) atoms. The van der Waals surface area contributed by atoms with Crippen LogP contribution in [0.15, 0.2) is 67.0 Å². The van der Waals surface area contributed by atoms with E-state index in [9.17, 15) is 10.1 Å². The zero-order chi connectivity index (χ0) is 22.5. The number of rotatable bonds is 8. The molecule has 0 fully saturated rings. The lowest BCUT2D eigenvalue weighted by Gasteiger charge is -2.10. The van der Waals surface area contributed by atoms with Crippen LogP contribution in [0.4, 0.5) is 23.1 Å². The number of hydrogen-bond acceptors (Lipinski definition) is 7. The van der Waals surface area contributed by atoms with Gasteiger partial charge >= 0.3 is 0 Å². The second kappa shape index (κ2) is 9.44. The fourth-order valence-corrected chi connectivity index (χ4v) is 3.30. The van der Waals surface area contributed by atoms with E-state index in [4.69, 9.17) is 11.6 Å². The number of anilines is 3. The third kappa shape index (κ3) is 5.01. The molecule has 2 aromatic heterocycles. The number of hydrogen-bond donors (Lipinski definition) is 2. The van der Waals surface area contributed by atoms with Gasteiger partial charge in [-0.05, 0) is 36.2 Å². The lowest BCUT2D eigenvalue weighted by Crippen LogP contribution is -2.07. The summed E-state index contributed by atoms with van der Waals surface area (Å²) in [4.78, 5) is 20.0. The number of nitrogens with zero attached hydrogens (tertiary/aromatic N) is 5. The lowest BCUT2D eigenvalue weighted by molar-refractivity contribution is -0.383. The van der Waals surface area contributed by atoms with Gasteiger partial charge in [-0.25, -0.2) is 9.97 Å². The van der Waals surface area contributed by atoms with Crippen LogP contribution in [0.5, 0.6) is 0 Å². The zero-order valence-corrected chi connectivity index (χ0v) is 18.0. The monoisotopic (exact) mass is 449 g/mol. The Balaban J connectivity index is 1.51. The summed E-state index contributed by atoms with van der Waals surface area (Å²) in [6, 6.07) is 16.1. The van der Waals surface area contributed by atoms with Crippen molar-refractivity contribution >= 4 is 34.7 Å². The van der Waals surface area contributed by atoms with E-state index < -0.39 is 4.92 Å². The third-order valence-corrected chi connectivity index (χ3v) is 5.10. The van der Waals surface area contributed by atoms with Crippen LogP contribution in [0.3, 0.4) is 0 Å². The summed E-state index contributed by atoms with van der Waals surface area (Å²) in [5, 5.41) is 22.7. The molecule has 162 valence electrons. The summed E-state index contributed by atoms with van der Waals surface area (Å²) in [5.41, 5.74) is 2.72. The van der Waals surface area contributed by atoms with Crippen LogP contribution in [-0.4, -0.2) is 31.2 Å². The Kier molecular flexibility index (Phi) is 6.27. The van der Waals surface area contributed by atoms with Crippen LogP contribution >= 0.6 is 11.6 Å². The molecule has 9 nitrogen and oxygen atoms in total. The summed E-state index contributed by atoms with van der Waals surface area (Å²) in [5.74, 6) is 1.10. The van der Waals surface area contributed by atoms with Crippen molar-refractivity contribution in [1.29, 1.82) is 0 Å². The third-order valence-electron chi connectivity index (χ3n) is 4.85. The van der Waals surface area contributed by atoms with Crippen LogP contribution in [-0.2, 0) is 13.5 Å². The minimum absolute atomic E-state index is 0.0154. The van der Waals surface area contributed by atoms with E-state index in [2.05, 4.69) is 25.7 Å². The van der Waals surface area contributed by atoms with Crippen LogP contribution in [0, 0.1) is 10.1 Å². The van der Waals surface area contributed by atoms with Gasteiger partial charge in [0, 0.05) is 42.5 Å². The van der Waals surface area contributed by atoms with E-state index in [1.165, 1.54) is 6.07 Å². The first-order valence-electron chi connectivity index (χ1n) is 9.85. The second-order valence-corrected chi connectivity index (χ2v) is 7.46. The minimum Gasteiger partial charge on any atom is -0.379 e. The predicted molar refractivity (Wildman–Crippen MR) is 124 cm³/mol. The molecular formula is C22H20ClN7O2. The highest BCUT2D eigenvalue weighted by Gasteiger charge is 2.16. The molecule has 4 rings (SSSR count). The van der Waals surface area contributed by atoms with Crippen molar-refractivity contribution in [2.45, 2.75) is 6.42 Å². The average Bonchev–Trinajstić information content (AvgIpc) is 3.19. The van der Waals surface area contributed by atoms with Gasteiger partial charge in [0.05, 0.1) is 16.8 Å². The molecule has 2 N–H and O–H groups in total. The van der Waals surface area contributed by atoms with E-state index in [0.717, 1.165) is 11.4 Å². The van der Waals surface area contributed by atoms with Gasteiger partial charge in [0.15, 0.2) is 0 Å². The van der Waals surface area contributed by atoms with E-state index in [1.807, 2.05) is 24.3 Å². The van der Waals surface area contributed by atoms with E-state index in [0.29, 0.717) is 40.9 Å². The molecular weight excluding hydrogens is 430 g/mol. The number of nitro benzene ring substituents is 1. The highest BCUT2D eigenvalue weighted by atomic mass is 35.5. The van der Waals surface area contributed by atoms with Crippen LogP contribution in [0.1, 0.15) is 5.56 Å². The van der Waals surface area contributed by atoms with Gasteiger partial charge in [-0.15, -0.1) is 0 Å². The highest BCUT2D eigenvalue weighted by molar-refractivity contribution is 6.30. The first kappa shape index (κ1) is 21.3. The summed E-state index contributed by atoms with van der Waals surface area (Å²) in [6.07, 6.45) is 3.98. The van der Waals surface area contributed by atoms with Crippen LogP contribution in [0.25, 0.3) is 11.3 Å². The normalized spacial score (nSPS) is 10.7. The number of benzene rings is 2. The molecule has 0 saturated carbocycles. The van der Waals surface area contributed by atoms with Gasteiger partial charge in [-0.1, -0.05) is 29.8 Å². The Morgan fingerprint density at radius 2 is 1.91 bits per heavy atom. The average molecular weight is 450 g/mol. The summed E-state index contributed by atoms with van der Waals surface area (Å²) in [7, 11) is 1.80. The van der Waals surface area contributed by atoms with Crippen molar-refractivity contribution in [2.24, 2.45) is 7.05 Å². The first-order chi connectivity index (χ1) is 15.5. The molecule has 10 heteroatoms. The van der Waals surface area contributed by atoms with Gasteiger partial charge < -0.3 is 10.6 Å². The number of halogens is 1. The Labute approximate surface area is 189 Å². The number of nitro groups is 1. The maximum Gasteiger partial charge on any atom is 0.292 e. The fraction of sp³-hybridized carbons (Fsp3) is 0.136. The number of nitrogens with one attached hydrogen (secondary N) is 2. The molecule has 0 saturated heterocycles. The Bertz CT molecular complexity index is 1240. The lowest BCUT2D eigenvalue weighted by atomic mass is 10.1. The second-order valence-electron chi connectivity index (χ2n) is 7.02. The summed E-state index contributed by atoms with van der Waals surface area (Å²) >= 11 is 5.91. The smallest absolute Gasteiger partial charge is 0.292 e. The molecule has 0 atom stereocenters. The molecule has 0 bridgehead atoms. The van der Waals surface area contributed by atoms with Crippen molar-refractivity contribution in [2.75, 3.05) is 17.2 Å². The molecule has 0 aliphatic carbocycles. The summed E-state index contributed by atoms with van der Waals surface area (Å²) < 4.78 is 1.66. The van der Waals surface area contributed by atoms with E-state index in [1.54, 1.807) is 48.4 Å². The molecule has 0 radical (unpaired) electrons. The van der Waals surface area contributed by atoms with Crippen LogP contribution in [0.2, 0.25) is 5.02 Å². The molecule has 2 heterocycles. The van der Waals surface area contributed by atoms with E-state index in [-0.39, 0.29) is 5.69 Å². The van der Waals surface area contributed by atoms with E-state index >= 15 is 0 Å². The zero-order valence-electron chi connectivity index (χ0n) is 17.2. The van der Waals surface area contributed by atoms with Crippen molar-refractivity contribution in [3.8, 4) is 11.3 Å². The molecule has 0 amide bonds. The van der Waals surface area contributed by atoms with Gasteiger partial charge in [0.1, 0.15) is 11.5 Å². The maximum atomic E-state index is 11.7. The van der Waals surface area contributed by atoms with Gasteiger partial charge in [-0.3, -0.25) is 14.8 Å². The Morgan fingerprint density at radius 3 is 2.62 bits per heavy atom. The van der Waals surface area contributed by atoms with Crippen molar-refractivity contribution in [3.63, 3.8) is 0 Å². The first-order valence-corrected chi connectivity index (χ1v) is 10.2. The summed E-state index contributed by atoms with van der Waals surface area (Å²) in [6.45, 7) is 0.550. The minimum atomic E-state index is -0.399. The van der Waals surface area contributed by atoms with Gasteiger partial charge in [0.25, 0.3) is 5.69 Å². The highest BCUT2D eigenvalue weighted by Crippen LogP contribution is 2.30.